The summed E-state index contributed by atoms with van der Waals surface area (Å²) in [6, 6.07) is 9.44. The normalized spacial score (nSPS) is 11.6. The molecule has 0 fully saturated rings. The first kappa shape index (κ1) is 21.8. The molecule has 1 N–H and O–H groups in total. The second-order valence-corrected chi connectivity index (χ2v) is 8.32. The molecular weight excluding hydrogens is 404 g/mol. The first-order valence-electron chi connectivity index (χ1n) is 8.46. The molecule has 0 unspecified atom stereocenters. The molecule has 7 nitrogen and oxygen atoms in total. The van der Waals surface area contributed by atoms with E-state index in [0.717, 1.165) is 0 Å². The van der Waals surface area contributed by atoms with E-state index in [1.807, 2.05) is 13.8 Å². The molecule has 152 valence electrons. The average molecular weight is 427 g/mol. The Hall–Kier alpha value is -2.45. The zero-order valence-electron chi connectivity index (χ0n) is 16.1. The molecular formula is C19H23ClN2O5S. The molecule has 0 spiro atoms. The fourth-order valence-electron chi connectivity index (χ4n) is 2.22. The van der Waals surface area contributed by atoms with Gasteiger partial charge in [0.15, 0.2) is 0 Å². The largest absolute Gasteiger partial charge is 0.497 e. The van der Waals surface area contributed by atoms with Gasteiger partial charge in [-0.25, -0.2) is 0 Å². The second-order valence-electron chi connectivity index (χ2n) is 6.26. The number of methoxy groups -OCH3 is 2. The fourth-order valence-corrected chi connectivity index (χ4v) is 3.34. The first-order valence-corrected chi connectivity index (χ1v) is 10.3. The van der Waals surface area contributed by atoms with E-state index in [2.05, 4.69) is 9.93 Å². The van der Waals surface area contributed by atoms with E-state index in [0.29, 0.717) is 34.6 Å². The molecule has 9 heteroatoms. The third kappa shape index (κ3) is 5.77. The number of benzene rings is 2. The summed E-state index contributed by atoms with van der Waals surface area (Å²) in [6.07, 6.45) is 1.34. The van der Waals surface area contributed by atoms with Gasteiger partial charge in [-0.15, -0.1) is 0 Å². The molecule has 2 aromatic carbocycles. The lowest BCUT2D eigenvalue weighted by atomic mass is 10.2. The van der Waals surface area contributed by atoms with Crippen molar-refractivity contribution in [1.82, 2.24) is 4.83 Å². The molecule has 0 bridgehead atoms. The van der Waals surface area contributed by atoms with Gasteiger partial charge in [-0.2, -0.15) is 18.4 Å². The molecule has 0 saturated heterocycles. The minimum Gasteiger partial charge on any atom is -0.497 e. The number of nitrogens with one attached hydrogen (secondary N) is 1. The van der Waals surface area contributed by atoms with E-state index in [1.165, 1.54) is 38.6 Å². The Morgan fingerprint density at radius 3 is 2.50 bits per heavy atom. The van der Waals surface area contributed by atoms with Gasteiger partial charge < -0.3 is 14.2 Å². The zero-order chi connectivity index (χ0) is 20.7. The third-order valence-electron chi connectivity index (χ3n) is 3.58. The maximum atomic E-state index is 12.6. The van der Waals surface area contributed by atoms with Crippen LogP contribution in [0.15, 0.2) is 46.4 Å². The number of nitrogens with zero attached hydrogens (tertiary/aromatic N) is 1. The quantitative estimate of drug-likeness (QED) is 0.488. The van der Waals surface area contributed by atoms with E-state index in [1.54, 1.807) is 18.2 Å². The molecule has 28 heavy (non-hydrogen) atoms. The van der Waals surface area contributed by atoms with Gasteiger partial charge in [-0.05, 0) is 36.2 Å². The monoisotopic (exact) mass is 426 g/mol. The van der Waals surface area contributed by atoms with Crippen molar-refractivity contribution >= 4 is 27.8 Å². The molecule has 0 atom stereocenters. The standard InChI is InChI=1S/C19H23ClN2O5S/c1-13(2)12-27-17-7-5-15(20)9-14(17)11-21-22-28(23,24)19-8-6-16(25-3)10-18(19)26-4/h5-11,13,22H,12H2,1-4H3/b21-11-. The maximum absolute atomic E-state index is 12.6. The Balaban J connectivity index is 2.23. The molecule has 0 aliphatic carbocycles. The van der Waals surface area contributed by atoms with Gasteiger partial charge in [0, 0.05) is 16.7 Å². The summed E-state index contributed by atoms with van der Waals surface area (Å²) in [5.41, 5.74) is 0.553. The van der Waals surface area contributed by atoms with Crippen LogP contribution in [0.3, 0.4) is 0 Å². The number of hydrazone groups is 1. The molecule has 2 aromatic rings. The highest BCUT2D eigenvalue weighted by Gasteiger charge is 2.19. The molecule has 0 amide bonds. The van der Waals surface area contributed by atoms with Crippen molar-refractivity contribution in [3.8, 4) is 17.2 Å². The van der Waals surface area contributed by atoms with Gasteiger partial charge >= 0.3 is 0 Å². The molecule has 0 radical (unpaired) electrons. The van der Waals surface area contributed by atoms with E-state index >= 15 is 0 Å². The van der Waals surface area contributed by atoms with Gasteiger partial charge in [-0.3, -0.25) is 0 Å². The Labute approximate surface area is 170 Å². The summed E-state index contributed by atoms with van der Waals surface area (Å²) in [7, 11) is -1.09. The summed E-state index contributed by atoms with van der Waals surface area (Å²) in [4.78, 5) is 2.11. The summed E-state index contributed by atoms with van der Waals surface area (Å²) < 4.78 is 41.1. The Kier molecular flexibility index (Phi) is 7.53. The number of rotatable bonds is 9. The number of halogens is 1. The van der Waals surface area contributed by atoms with Crippen LogP contribution >= 0.6 is 11.6 Å². The lowest BCUT2D eigenvalue weighted by molar-refractivity contribution is 0.270. The lowest BCUT2D eigenvalue weighted by Crippen LogP contribution is -2.19. The highest BCUT2D eigenvalue weighted by molar-refractivity contribution is 7.89. The van der Waals surface area contributed by atoms with Gasteiger partial charge in [0.2, 0.25) is 0 Å². The van der Waals surface area contributed by atoms with Crippen molar-refractivity contribution in [1.29, 1.82) is 0 Å². The summed E-state index contributed by atoms with van der Waals surface area (Å²) >= 11 is 6.03. The zero-order valence-corrected chi connectivity index (χ0v) is 17.7. The van der Waals surface area contributed by atoms with Crippen LogP contribution in [-0.4, -0.2) is 35.5 Å². The molecule has 0 aromatic heterocycles. The van der Waals surface area contributed by atoms with Gasteiger partial charge in [0.25, 0.3) is 10.0 Å². The highest BCUT2D eigenvalue weighted by atomic mass is 35.5. The number of hydrogen-bond donors (Lipinski definition) is 1. The van der Waals surface area contributed by atoms with Crippen molar-refractivity contribution in [2.75, 3.05) is 20.8 Å². The SMILES string of the molecule is COc1ccc(S(=O)(=O)N/N=C\c2cc(Cl)ccc2OCC(C)C)c(OC)c1. The Bertz CT molecular complexity index is 945. The predicted molar refractivity (Wildman–Crippen MR) is 109 cm³/mol. The molecule has 0 heterocycles. The van der Waals surface area contributed by atoms with Crippen LogP contribution in [0.5, 0.6) is 17.2 Å². The first-order chi connectivity index (χ1) is 13.3. The molecule has 0 aliphatic heterocycles. The predicted octanol–water partition coefficient (Wildman–Crippen LogP) is 3.70. The van der Waals surface area contributed by atoms with Crippen molar-refractivity contribution in [3.63, 3.8) is 0 Å². The summed E-state index contributed by atoms with van der Waals surface area (Å²) in [5, 5.41) is 4.33. The number of ether oxygens (including phenoxy) is 3. The molecule has 0 aliphatic rings. The minimum atomic E-state index is -3.95. The lowest BCUT2D eigenvalue weighted by Gasteiger charge is -2.12. The molecule has 2 rings (SSSR count). The smallest absolute Gasteiger partial charge is 0.280 e. The van der Waals surface area contributed by atoms with Crippen LogP contribution in [-0.2, 0) is 10.0 Å². The van der Waals surface area contributed by atoms with Crippen LogP contribution in [0.4, 0.5) is 0 Å². The maximum Gasteiger partial charge on any atom is 0.280 e. The van der Waals surface area contributed by atoms with Crippen molar-refractivity contribution in [2.45, 2.75) is 18.7 Å². The third-order valence-corrected chi connectivity index (χ3v) is 5.08. The second kappa shape index (κ2) is 9.66. The van der Waals surface area contributed by atoms with Crippen LogP contribution in [0, 0.1) is 5.92 Å². The number of hydrogen-bond acceptors (Lipinski definition) is 6. The van der Waals surface area contributed by atoms with Crippen molar-refractivity contribution in [3.05, 3.63) is 47.0 Å². The van der Waals surface area contributed by atoms with Crippen LogP contribution in [0.2, 0.25) is 5.02 Å². The van der Waals surface area contributed by atoms with Crippen molar-refractivity contribution < 1.29 is 22.6 Å². The van der Waals surface area contributed by atoms with Crippen LogP contribution < -0.4 is 19.0 Å². The van der Waals surface area contributed by atoms with Crippen LogP contribution in [0.25, 0.3) is 0 Å². The van der Waals surface area contributed by atoms with E-state index in [9.17, 15) is 8.42 Å². The van der Waals surface area contributed by atoms with Gasteiger partial charge in [-0.1, -0.05) is 25.4 Å². The Morgan fingerprint density at radius 1 is 1.11 bits per heavy atom. The van der Waals surface area contributed by atoms with E-state index < -0.39 is 10.0 Å². The number of sulfonamides is 1. The fraction of sp³-hybridized carbons (Fsp3) is 0.316. The van der Waals surface area contributed by atoms with E-state index in [4.69, 9.17) is 25.8 Å². The summed E-state index contributed by atoms with van der Waals surface area (Å²) in [6.45, 7) is 4.57. The topological polar surface area (TPSA) is 86.2 Å². The van der Waals surface area contributed by atoms with Crippen LogP contribution in [0.1, 0.15) is 19.4 Å². The van der Waals surface area contributed by atoms with E-state index in [-0.39, 0.29) is 10.6 Å². The minimum absolute atomic E-state index is 0.0599. The Morgan fingerprint density at radius 2 is 1.86 bits per heavy atom. The van der Waals surface area contributed by atoms with Gasteiger partial charge in [0.1, 0.15) is 22.1 Å². The van der Waals surface area contributed by atoms with Gasteiger partial charge in [0.05, 0.1) is 27.0 Å². The summed E-state index contributed by atoms with van der Waals surface area (Å²) in [5.74, 6) is 1.51. The molecule has 0 saturated carbocycles. The highest BCUT2D eigenvalue weighted by Crippen LogP contribution is 2.28. The van der Waals surface area contributed by atoms with Crippen molar-refractivity contribution in [2.24, 2.45) is 11.0 Å². The average Bonchev–Trinajstić information content (AvgIpc) is 2.66.